The van der Waals surface area contributed by atoms with Gasteiger partial charge in [0.2, 0.25) is 0 Å². The summed E-state index contributed by atoms with van der Waals surface area (Å²) < 4.78 is 0. The fourth-order valence-corrected chi connectivity index (χ4v) is 2.61. The number of rotatable bonds is 9. The van der Waals surface area contributed by atoms with Gasteiger partial charge in [-0.15, -0.1) is 0 Å². The van der Waals surface area contributed by atoms with Gasteiger partial charge < -0.3 is 0 Å². The molecule has 0 unspecified atom stereocenters. The van der Waals surface area contributed by atoms with Gasteiger partial charge in [-0.05, 0) is 41.5 Å². The van der Waals surface area contributed by atoms with Gasteiger partial charge >= 0.3 is 0 Å². The molecule has 0 amide bonds. The Morgan fingerprint density at radius 1 is 0.625 bits per heavy atom. The summed E-state index contributed by atoms with van der Waals surface area (Å²) in [5, 5.41) is 8.29. The fraction of sp³-hybridized carbons (Fsp3) is 0.364. The average molecular weight is 320 g/mol. The van der Waals surface area contributed by atoms with E-state index in [1.165, 1.54) is 36.8 Å². The van der Waals surface area contributed by atoms with Gasteiger partial charge in [-0.1, -0.05) is 81.6 Å². The summed E-state index contributed by atoms with van der Waals surface area (Å²) >= 11 is 0. The van der Waals surface area contributed by atoms with Crippen molar-refractivity contribution in [2.75, 3.05) is 0 Å². The van der Waals surface area contributed by atoms with Crippen molar-refractivity contribution in [3.05, 3.63) is 70.8 Å². The van der Waals surface area contributed by atoms with Gasteiger partial charge in [0.05, 0.1) is 12.4 Å². The predicted molar refractivity (Wildman–Crippen MR) is 105 cm³/mol. The van der Waals surface area contributed by atoms with Crippen molar-refractivity contribution in [3.63, 3.8) is 0 Å². The average Bonchev–Trinajstić information content (AvgIpc) is 2.62. The van der Waals surface area contributed by atoms with Crippen LogP contribution in [0, 0.1) is 0 Å². The third-order valence-corrected chi connectivity index (χ3v) is 4.05. The van der Waals surface area contributed by atoms with Crippen molar-refractivity contribution in [1.29, 1.82) is 0 Å². The Morgan fingerprint density at radius 2 is 1.12 bits per heavy atom. The molecule has 0 aliphatic heterocycles. The third kappa shape index (κ3) is 6.49. The van der Waals surface area contributed by atoms with Crippen molar-refractivity contribution in [2.45, 2.75) is 52.4 Å². The minimum atomic E-state index is 1.08. The number of aryl methyl sites for hydroxylation is 2. The minimum Gasteiger partial charge on any atom is -0.159 e. The Balaban J connectivity index is 1.84. The van der Waals surface area contributed by atoms with Crippen LogP contribution in [0.4, 0.5) is 0 Å². The molecule has 0 saturated heterocycles. The maximum atomic E-state index is 4.15. The van der Waals surface area contributed by atoms with Crippen LogP contribution in [0.3, 0.4) is 0 Å². The number of benzene rings is 2. The number of unbranched alkanes of at least 4 members (excludes halogenated alkanes) is 2. The van der Waals surface area contributed by atoms with Gasteiger partial charge in [0, 0.05) is 0 Å². The molecule has 2 heteroatoms. The van der Waals surface area contributed by atoms with Crippen LogP contribution in [-0.4, -0.2) is 12.4 Å². The molecular weight excluding hydrogens is 292 g/mol. The summed E-state index contributed by atoms with van der Waals surface area (Å²) in [4.78, 5) is 0. The van der Waals surface area contributed by atoms with E-state index in [-0.39, 0.29) is 0 Å². The Labute approximate surface area is 146 Å². The molecule has 2 aromatic rings. The molecule has 0 spiro atoms. The molecule has 0 fully saturated rings. The van der Waals surface area contributed by atoms with Crippen LogP contribution >= 0.6 is 0 Å². The van der Waals surface area contributed by atoms with E-state index in [1.807, 2.05) is 0 Å². The normalized spacial score (nSPS) is 11.6. The second-order valence-electron chi connectivity index (χ2n) is 6.18. The maximum absolute atomic E-state index is 4.15. The van der Waals surface area contributed by atoms with Gasteiger partial charge in [0.15, 0.2) is 0 Å². The lowest BCUT2D eigenvalue weighted by Crippen LogP contribution is -1.87. The van der Waals surface area contributed by atoms with Crippen LogP contribution in [-0.2, 0) is 12.8 Å². The highest BCUT2D eigenvalue weighted by Gasteiger charge is 1.94. The minimum absolute atomic E-state index is 1.08. The van der Waals surface area contributed by atoms with Gasteiger partial charge in [-0.2, -0.15) is 10.2 Å². The van der Waals surface area contributed by atoms with Crippen LogP contribution < -0.4 is 0 Å². The number of hydrogen-bond donors (Lipinski definition) is 0. The van der Waals surface area contributed by atoms with Crippen molar-refractivity contribution in [1.82, 2.24) is 0 Å². The molecule has 2 rings (SSSR count). The van der Waals surface area contributed by atoms with E-state index in [0.717, 1.165) is 24.0 Å². The smallest absolute Gasteiger partial charge is 0.0568 e. The third-order valence-electron chi connectivity index (χ3n) is 4.05. The molecule has 0 radical (unpaired) electrons. The first-order valence-corrected chi connectivity index (χ1v) is 9.06. The zero-order valence-electron chi connectivity index (χ0n) is 14.9. The highest BCUT2D eigenvalue weighted by Crippen LogP contribution is 2.08. The van der Waals surface area contributed by atoms with Gasteiger partial charge in [-0.3, -0.25) is 0 Å². The number of nitrogens with zero attached hydrogens (tertiary/aromatic N) is 2. The summed E-state index contributed by atoms with van der Waals surface area (Å²) in [5.74, 6) is 0. The Morgan fingerprint density at radius 3 is 1.58 bits per heavy atom. The van der Waals surface area contributed by atoms with E-state index in [4.69, 9.17) is 0 Å². The molecule has 126 valence electrons. The van der Waals surface area contributed by atoms with E-state index in [9.17, 15) is 0 Å². The van der Waals surface area contributed by atoms with Crippen LogP contribution in [0.25, 0.3) is 0 Å². The summed E-state index contributed by atoms with van der Waals surface area (Å²) in [6.45, 7) is 4.43. The first-order valence-electron chi connectivity index (χ1n) is 9.06. The monoisotopic (exact) mass is 320 g/mol. The van der Waals surface area contributed by atoms with Crippen LogP contribution in [0.2, 0.25) is 0 Å². The second-order valence-corrected chi connectivity index (χ2v) is 6.18. The van der Waals surface area contributed by atoms with Gasteiger partial charge in [-0.25, -0.2) is 0 Å². The summed E-state index contributed by atoms with van der Waals surface area (Å²) in [5.41, 5.74) is 4.94. The molecule has 0 heterocycles. The molecule has 0 N–H and O–H groups in total. The van der Waals surface area contributed by atoms with Crippen LogP contribution in [0.5, 0.6) is 0 Å². The molecule has 0 aliphatic carbocycles. The molecule has 0 aromatic heterocycles. The fourth-order valence-electron chi connectivity index (χ4n) is 2.61. The Bertz CT molecular complexity index is 637. The van der Waals surface area contributed by atoms with Gasteiger partial charge in [0.25, 0.3) is 0 Å². The lowest BCUT2D eigenvalue weighted by Gasteiger charge is -2.00. The van der Waals surface area contributed by atoms with Crippen LogP contribution in [0.1, 0.15) is 61.8 Å². The highest BCUT2D eigenvalue weighted by molar-refractivity contribution is 5.82. The predicted octanol–water partition coefficient (Wildman–Crippen LogP) is 5.82. The molecule has 2 nitrogen and oxygen atoms in total. The highest BCUT2D eigenvalue weighted by atomic mass is 15.2. The van der Waals surface area contributed by atoms with E-state index < -0.39 is 0 Å². The van der Waals surface area contributed by atoms with Crippen molar-refractivity contribution >= 4 is 12.4 Å². The van der Waals surface area contributed by atoms with E-state index in [0.29, 0.717) is 0 Å². The largest absolute Gasteiger partial charge is 0.159 e. The van der Waals surface area contributed by atoms with Crippen LogP contribution in [0.15, 0.2) is 58.7 Å². The summed E-state index contributed by atoms with van der Waals surface area (Å²) in [6.07, 6.45) is 10.9. The molecular formula is C22H28N2. The lowest BCUT2D eigenvalue weighted by molar-refractivity contribution is 0.717. The van der Waals surface area contributed by atoms with Gasteiger partial charge in [0.1, 0.15) is 0 Å². The molecule has 2 aromatic carbocycles. The summed E-state index contributed by atoms with van der Waals surface area (Å²) in [6, 6.07) is 17.1. The first-order chi connectivity index (χ1) is 11.8. The van der Waals surface area contributed by atoms with Crippen molar-refractivity contribution < 1.29 is 0 Å². The van der Waals surface area contributed by atoms with E-state index in [2.05, 4.69) is 72.6 Å². The molecule has 0 aliphatic rings. The first kappa shape index (κ1) is 18.1. The standard InChI is InChI=1S/C22H28N2/c1-3-5-6-8-20-11-15-22(16-12-20)18-24-23-17-21-13-9-19(7-4-2)10-14-21/h9-18H,3-8H2,1-2H3/b23-17+,24-18+. The Kier molecular flexibility index (Phi) is 7.96. The Hall–Kier alpha value is -2.22. The second kappa shape index (κ2) is 10.5. The quantitative estimate of drug-likeness (QED) is 0.316. The SMILES string of the molecule is CCCCCc1ccc(/C=N/N=C/c2ccc(CCC)cc2)cc1. The number of hydrogen-bond acceptors (Lipinski definition) is 2. The van der Waals surface area contributed by atoms with E-state index >= 15 is 0 Å². The summed E-state index contributed by atoms with van der Waals surface area (Å²) in [7, 11) is 0. The van der Waals surface area contributed by atoms with Crippen molar-refractivity contribution in [2.24, 2.45) is 10.2 Å². The lowest BCUT2D eigenvalue weighted by atomic mass is 10.1. The molecule has 0 atom stereocenters. The molecule has 24 heavy (non-hydrogen) atoms. The maximum Gasteiger partial charge on any atom is 0.0568 e. The molecule has 0 bridgehead atoms. The topological polar surface area (TPSA) is 24.7 Å². The van der Waals surface area contributed by atoms with Crippen molar-refractivity contribution in [3.8, 4) is 0 Å². The van der Waals surface area contributed by atoms with E-state index in [1.54, 1.807) is 12.4 Å². The molecule has 0 saturated carbocycles. The zero-order chi connectivity index (χ0) is 17.0. The zero-order valence-corrected chi connectivity index (χ0v) is 14.9.